The summed E-state index contributed by atoms with van der Waals surface area (Å²) in [5.41, 5.74) is 3.64. The van der Waals surface area contributed by atoms with Gasteiger partial charge >= 0.3 is 0 Å². The van der Waals surface area contributed by atoms with Gasteiger partial charge in [-0.15, -0.1) is 0 Å². The normalized spacial score (nSPS) is 16.9. The first-order chi connectivity index (χ1) is 17.9. The maximum atomic E-state index is 14.1. The highest BCUT2D eigenvalue weighted by Crippen LogP contribution is 2.46. The summed E-state index contributed by atoms with van der Waals surface area (Å²) in [6.07, 6.45) is 2.01. The van der Waals surface area contributed by atoms with Crippen molar-refractivity contribution in [3.63, 3.8) is 0 Å². The lowest BCUT2D eigenvalue weighted by Crippen LogP contribution is -2.44. The zero-order valence-electron chi connectivity index (χ0n) is 21.4. The summed E-state index contributed by atoms with van der Waals surface area (Å²) in [6.45, 7) is 0. The fraction of sp³-hybridized carbons (Fsp3) is 0.241. The fourth-order valence-corrected chi connectivity index (χ4v) is 5.33. The van der Waals surface area contributed by atoms with Crippen LogP contribution in [0.25, 0.3) is 10.9 Å². The molecule has 0 fully saturated rings. The third-order valence-electron chi connectivity index (χ3n) is 7.04. The van der Waals surface area contributed by atoms with Crippen molar-refractivity contribution in [1.82, 2.24) is 9.47 Å². The zero-order chi connectivity index (χ0) is 26.3. The molecule has 8 nitrogen and oxygen atoms in total. The fourth-order valence-electron chi connectivity index (χ4n) is 5.33. The molecule has 190 valence electrons. The van der Waals surface area contributed by atoms with Crippen molar-refractivity contribution in [2.75, 3.05) is 33.7 Å². The molecule has 2 atom stereocenters. The van der Waals surface area contributed by atoms with Crippen molar-refractivity contribution in [2.24, 2.45) is 7.05 Å². The SMILES string of the molecule is COc1cc(NC(=O)[C@H]2c3ccccc3C(=O)N(C)[C@@H]2c2cn(C)c3ccccc23)cc(OC)c1OC. The highest BCUT2D eigenvalue weighted by atomic mass is 16.5. The number of likely N-dealkylation sites (N-methyl/N-ethyl adjacent to an activating group) is 1. The number of ether oxygens (including phenoxy) is 3. The van der Waals surface area contributed by atoms with Gasteiger partial charge in [0.1, 0.15) is 0 Å². The summed E-state index contributed by atoms with van der Waals surface area (Å²) < 4.78 is 18.4. The summed E-state index contributed by atoms with van der Waals surface area (Å²) in [7, 11) is 8.30. The van der Waals surface area contributed by atoms with Crippen LogP contribution in [-0.4, -0.2) is 49.7 Å². The number of rotatable bonds is 6. The minimum Gasteiger partial charge on any atom is -0.493 e. The van der Waals surface area contributed by atoms with Crippen LogP contribution in [-0.2, 0) is 11.8 Å². The van der Waals surface area contributed by atoms with Crippen molar-refractivity contribution in [3.05, 3.63) is 83.6 Å². The summed E-state index contributed by atoms with van der Waals surface area (Å²) in [5.74, 6) is 0.260. The van der Waals surface area contributed by atoms with E-state index in [0.717, 1.165) is 16.5 Å². The van der Waals surface area contributed by atoms with E-state index in [1.165, 1.54) is 21.3 Å². The van der Waals surface area contributed by atoms with Crippen molar-refractivity contribution >= 4 is 28.4 Å². The number of nitrogens with zero attached hydrogens (tertiary/aromatic N) is 2. The highest BCUT2D eigenvalue weighted by molar-refractivity contribution is 6.05. The van der Waals surface area contributed by atoms with Gasteiger partial charge in [0.2, 0.25) is 11.7 Å². The lowest BCUT2D eigenvalue weighted by Gasteiger charge is -2.39. The van der Waals surface area contributed by atoms with E-state index in [4.69, 9.17) is 14.2 Å². The van der Waals surface area contributed by atoms with E-state index >= 15 is 0 Å². The molecule has 2 amide bonds. The van der Waals surface area contributed by atoms with E-state index in [9.17, 15) is 9.59 Å². The van der Waals surface area contributed by atoms with Crippen LogP contribution in [0.5, 0.6) is 17.2 Å². The number of aryl methyl sites for hydroxylation is 1. The minimum atomic E-state index is -0.663. The van der Waals surface area contributed by atoms with Crippen LogP contribution in [0.1, 0.15) is 33.4 Å². The molecule has 0 aliphatic carbocycles. The molecule has 5 rings (SSSR count). The smallest absolute Gasteiger partial charge is 0.254 e. The maximum absolute atomic E-state index is 14.1. The van der Waals surface area contributed by atoms with Gasteiger partial charge in [-0.25, -0.2) is 0 Å². The monoisotopic (exact) mass is 499 g/mol. The third kappa shape index (κ3) is 3.94. The van der Waals surface area contributed by atoms with Gasteiger partial charge in [-0.2, -0.15) is 0 Å². The van der Waals surface area contributed by atoms with Crippen LogP contribution in [0, 0.1) is 0 Å². The first kappa shape index (κ1) is 24.2. The molecular weight excluding hydrogens is 470 g/mol. The maximum Gasteiger partial charge on any atom is 0.254 e. The van der Waals surface area contributed by atoms with Crippen molar-refractivity contribution < 1.29 is 23.8 Å². The Morgan fingerprint density at radius 1 is 0.865 bits per heavy atom. The second-order valence-corrected chi connectivity index (χ2v) is 9.04. The summed E-state index contributed by atoms with van der Waals surface area (Å²) in [4.78, 5) is 29.2. The summed E-state index contributed by atoms with van der Waals surface area (Å²) >= 11 is 0. The van der Waals surface area contributed by atoms with Crippen molar-refractivity contribution in [3.8, 4) is 17.2 Å². The lowest BCUT2D eigenvalue weighted by atomic mass is 9.79. The van der Waals surface area contributed by atoms with Crippen LogP contribution in [0.3, 0.4) is 0 Å². The highest BCUT2D eigenvalue weighted by Gasteiger charge is 2.43. The molecule has 1 aromatic heterocycles. The van der Waals surface area contributed by atoms with Gasteiger partial charge in [-0.05, 0) is 17.7 Å². The van der Waals surface area contributed by atoms with Gasteiger partial charge < -0.3 is 29.0 Å². The molecule has 3 aromatic carbocycles. The molecular formula is C29H29N3O5. The summed E-state index contributed by atoms with van der Waals surface area (Å²) in [6, 6.07) is 18.2. The molecule has 8 heteroatoms. The molecule has 4 aromatic rings. The number of hydrogen-bond acceptors (Lipinski definition) is 5. The molecule has 37 heavy (non-hydrogen) atoms. The Morgan fingerprint density at radius 2 is 1.51 bits per heavy atom. The second kappa shape index (κ2) is 9.54. The molecule has 0 unspecified atom stereocenters. The Kier molecular flexibility index (Phi) is 6.25. The number of amides is 2. The summed E-state index contributed by atoms with van der Waals surface area (Å²) in [5, 5.41) is 4.04. The van der Waals surface area contributed by atoms with E-state index < -0.39 is 12.0 Å². The third-order valence-corrected chi connectivity index (χ3v) is 7.04. The predicted octanol–water partition coefficient (Wildman–Crippen LogP) is 4.75. The first-order valence-electron chi connectivity index (χ1n) is 11.9. The first-order valence-corrected chi connectivity index (χ1v) is 11.9. The number of benzene rings is 3. The van der Waals surface area contributed by atoms with E-state index in [0.29, 0.717) is 34.1 Å². The van der Waals surface area contributed by atoms with Gasteiger partial charge in [0.05, 0.1) is 33.3 Å². The van der Waals surface area contributed by atoms with Gasteiger partial charge in [0.15, 0.2) is 11.5 Å². The van der Waals surface area contributed by atoms with Gasteiger partial charge in [0.25, 0.3) is 5.91 Å². The van der Waals surface area contributed by atoms with Gasteiger partial charge in [-0.1, -0.05) is 36.4 Å². The molecule has 0 saturated carbocycles. The Balaban J connectivity index is 1.64. The Bertz CT molecular complexity index is 1480. The average molecular weight is 500 g/mol. The van der Waals surface area contributed by atoms with E-state index in [2.05, 4.69) is 5.32 Å². The number of carbonyl (C=O) groups excluding carboxylic acids is 2. The number of nitrogens with one attached hydrogen (secondary N) is 1. The standard InChI is InChI=1S/C29H29N3O5/c1-31-16-21(18-10-8-9-13-22(18)31)26-25(19-11-6-7-12-20(19)29(34)32(26)2)28(33)30-17-14-23(35-3)27(37-5)24(15-17)36-4/h6-16,25-26H,1-5H3,(H,30,33)/t25-,26+/m0/s1. The van der Waals surface area contributed by atoms with E-state index in [-0.39, 0.29) is 11.8 Å². The van der Waals surface area contributed by atoms with E-state index in [1.807, 2.05) is 60.3 Å². The quantitative estimate of drug-likeness (QED) is 0.414. The molecule has 1 aliphatic rings. The van der Waals surface area contributed by atoms with E-state index in [1.54, 1.807) is 30.1 Å². The van der Waals surface area contributed by atoms with Crippen molar-refractivity contribution in [2.45, 2.75) is 12.0 Å². The van der Waals surface area contributed by atoms with Crippen LogP contribution >= 0.6 is 0 Å². The lowest BCUT2D eigenvalue weighted by molar-refractivity contribution is -0.119. The van der Waals surface area contributed by atoms with Crippen LogP contribution in [0.15, 0.2) is 66.9 Å². The van der Waals surface area contributed by atoms with Crippen LogP contribution in [0.2, 0.25) is 0 Å². The largest absolute Gasteiger partial charge is 0.493 e. The molecule has 0 saturated heterocycles. The Labute approximate surface area is 215 Å². The topological polar surface area (TPSA) is 82.0 Å². The van der Waals surface area contributed by atoms with Gasteiger partial charge in [0, 0.05) is 60.1 Å². The average Bonchev–Trinajstić information content (AvgIpc) is 3.25. The predicted molar refractivity (Wildman–Crippen MR) is 142 cm³/mol. The molecule has 1 N–H and O–H groups in total. The Morgan fingerprint density at radius 3 is 2.19 bits per heavy atom. The molecule has 0 radical (unpaired) electrons. The zero-order valence-corrected chi connectivity index (χ0v) is 21.4. The molecule has 0 spiro atoms. The number of para-hydroxylation sites is 1. The molecule has 2 heterocycles. The molecule has 0 bridgehead atoms. The minimum absolute atomic E-state index is 0.120. The number of hydrogen-bond donors (Lipinski definition) is 1. The van der Waals surface area contributed by atoms with Gasteiger partial charge in [-0.3, -0.25) is 9.59 Å². The van der Waals surface area contributed by atoms with Crippen LogP contribution < -0.4 is 19.5 Å². The van der Waals surface area contributed by atoms with Crippen molar-refractivity contribution in [1.29, 1.82) is 0 Å². The number of anilines is 1. The number of fused-ring (bicyclic) bond motifs is 2. The van der Waals surface area contributed by atoms with Crippen LogP contribution in [0.4, 0.5) is 5.69 Å². The number of aromatic nitrogens is 1. The molecule has 1 aliphatic heterocycles. The number of carbonyl (C=O) groups is 2. The Hall–Kier alpha value is -4.46. The second-order valence-electron chi connectivity index (χ2n) is 9.04. The number of methoxy groups -OCH3 is 3.